The van der Waals surface area contributed by atoms with E-state index in [1.807, 2.05) is 0 Å². The lowest BCUT2D eigenvalue weighted by atomic mass is 11.9. The van der Waals surface area contributed by atoms with Gasteiger partial charge in [0.25, 0.3) is 0 Å². The van der Waals surface area contributed by atoms with Gasteiger partial charge in [0.2, 0.25) is 0 Å². The predicted molar refractivity (Wildman–Crippen MR) is 28.6 cm³/mol. The zero-order chi connectivity index (χ0) is 3.41. The van der Waals surface area contributed by atoms with Crippen molar-refractivity contribution >= 4 is 23.7 Å². The quantitative estimate of drug-likeness (QED) is 0.426. The average molecular weight is 92.0 g/mol. The molecule has 0 heterocycles. The maximum atomic E-state index is 3.56. The van der Waals surface area contributed by atoms with Gasteiger partial charge in [-0.05, 0) is 0 Å². The largest absolute Gasteiger partial charge is 0.129 e. The van der Waals surface area contributed by atoms with Gasteiger partial charge in [-0.15, -0.1) is 17.4 Å². The summed E-state index contributed by atoms with van der Waals surface area (Å²) in [5.41, 5.74) is 0. The van der Waals surface area contributed by atoms with Crippen LogP contribution in [0.15, 0.2) is 0 Å². The van der Waals surface area contributed by atoms with Crippen LogP contribution >= 0.6 is 17.4 Å². The van der Waals surface area contributed by atoms with Crippen LogP contribution in [0.25, 0.3) is 0 Å². The molecule has 0 N–H and O–H groups in total. The van der Waals surface area contributed by atoms with Crippen molar-refractivity contribution in [3.63, 3.8) is 0 Å². The van der Waals surface area contributed by atoms with Gasteiger partial charge in [-0.1, -0.05) is 6.30 Å². The summed E-state index contributed by atoms with van der Waals surface area (Å²) in [6.45, 7) is 0. The molecule has 0 saturated heterocycles. The SMILES string of the molecule is C=PCP. The van der Waals surface area contributed by atoms with Gasteiger partial charge in [0.1, 0.15) is 0 Å². The van der Waals surface area contributed by atoms with Crippen molar-refractivity contribution < 1.29 is 0 Å². The lowest BCUT2D eigenvalue weighted by molar-refractivity contribution is 2.31. The summed E-state index contributed by atoms with van der Waals surface area (Å²) < 4.78 is 0. The van der Waals surface area contributed by atoms with Crippen molar-refractivity contribution in [3.8, 4) is 0 Å². The molecule has 0 aliphatic rings. The van der Waals surface area contributed by atoms with E-state index in [9.17, 15) is 0 Å². The summed E-state index contributed by atoms with van der Waals surface area (Å²) in [6.07, 6.45) is 3.56. The highest BCUT2D eigenvalue weighted by molar-refractivity contribution is 7.47. The van der Waals surface area contributed by atoms with E-state index in [1.165, 1.54) is 8.20 Å². The molecule has 0 aliphatic carbocycles. The fourth-order valence-corrected chi connectivity index (χ4v) is 0. The Bertz CT molecular complexity index is 18.0. The molecule has 0 aromatic heterocycles. The Balaban J connectivity index is 2.30. The van der Waals surface area contributed by atoms with Gasteiger partial charge >= 0.3 is 0 Å². The van der Waals surface area contributed by atoms with Gasteiger partial charge in [0.05, 0.1) is 0 Å². The third-order valence-electron chi connectivity index (χ3n) is 0.129. The molecule has 0 amide bonds. The standard InChI is InChI=1S/C2H6P2/c1-4-2-3/h1-3H2. The van der Waals surface area contributed by atoms with Crippen LogP contribution in [-0.2, 0) is 0 Å². The molecular formula is C2H6P2. The van der Waals surface area contributed by atoms with E-state index in [-0.39, 0.29) is 0 Å². The van der Waals surface area contributed by atoms with E-state index in [0.717, 1.165) is 5.90 Å². The second-order valence-corrected chi connectivity index (χ2v) is 2.31. The van der Waals surface area contributed by atoms with Gasteiger partial charge in [-0.25, -0.2) is 0 Å². The van der Waals surface area contributed by atoms with E-state index in [4.69, 9.17) is 0 Å². The van der Waals surface area contributed by atoms with Crippen LogP contribution in [0.3, 0.4) is 0 Å². The first kappa shape index (κ1) is 4.60. The van der Waals surface area contributed by atoms with Crippen LogP contribution in [0.4, 0.5) is 0 Å². The molecule has 4 heavy (non-hydrogen) atoms. The minimum absolute atomic E-state index is 1.10. The normalized spacial score (nSPS) is 8.25. The van der Waals surface area contributed by atoms with Crippen LogP contribution in [0.2, 0.25) is 0 Å². The molecule has 2 heteroatoms. The summed E-state index contributed by atoms with van der Waals surface area (Å²) in [4.78, 5) is 0. The van der Waals surface area contributed by atoms with Crippen LogP contribution in [-0.4, -0.2) is 12.2 Å². The first-order chi connectivity index (χ1) is 1.91. The van der Waals surface area contributed by atoms with Crippen LogP contribution in [0.1, 0.15) is 0 Å². The molecule has 0 aromatic rings. The number of hydrogen-bond donors (Lipinski definition) is 0. The summed E-state index contributed by atoms with van der Waals surface area (Å²) in [5.74, 6) is 1.10. The highest BCUT2D eigenvalue weighted by Crippen LogP contribution is 1.93. The van der Waals surface area contributed by atoms with Crippen LogP contribution in [0, 0.1) is 0 Å². The Morgan fingerprint density at radius 1 is 2.00 bits per heavy atom. The molecule has 0 aliphatic heterocycles. The summed E-state index contributed by atoms with van der Waals surface area (Å²) in [6, 6.07) is 0. The molecule has 1 unspecified atom stereocenters. The fraction of sp³-hybridized carbons (Fsp3) is 0.500. The third kappa shape index (κ3) is 2.60. The molecule has 0 rings (SSSR count). The minimum Gasteiger partial charge on any atom is -0.129 e. The Kier molecular flexibility index (Phi) is 4.14. The smallest absolute Gasteiger partial charge is 0.00355 e. The van der Waals surface area contributed by atoms with Gasteiger partial charge in [0, 0.05) is 5.90 Å². The van der Waals surface area contributed by atoms with Crippen LogP contribution < -0.4 is 0 Å². The van der Waals surface area contributed by atoms with E-state index in [2.05, 4.69) is 15.5 Å². The molecule has 0 nitrogen and oxygen atoms in total. The summed E-state index contributed by atoms with van der Waals surface area (Å²) in [7, 11) is 3.79. The zero-order valence-corrected chi connectivity index (χ0v) is 4.49. The first-order valence-corrected chi connectivity index (χ1v) is 3.12. The van der Waals surface area contributed by atoms with Crippen LogP contribution in [0.5, 0.6) is 0 Å². The zero-order valence-electron chi connectivity index (χ0n) is 2.44. The topological polar surface area (TPSA) is 0 Å². The monoisotopic (exact) mass is 92.0 g/mol. The Labute approximate surface area is 30.6 Å². The summed E-state index contributed by atoms with van der Waals surface area (Å²) >= 11 is 0. The number of hydrogen-bond acceptors (Lipinski definition) is 0. The second-order valence-electron chi connectivity index (χ2n) is 0.406. The van der Waals surface area contributed by atoms with E-state index in [0.29, 0.717) is 0 Å². The van der Waals surface area contributed by atoms with Gasteiger partial charge < -0.3 is 0 Å². The minimum atomic E-state index is 1.10. The lowest BCUT2D eigenvalue weighted by Gasteiger charge is -1.57. The molecule has 0 spiro atoms. The van der Waals surface area contributed by atoms with E-state index in [1.54, 1.807) is 0 Å². The maximum absolute atomic E-state index is 3.56. The van der Waals surface area contributed by atoms with Crippen molar-refractivity contribution in [1.29, 1.82) is 0 Å². The molecule has 0 fully saturated rings. The fourth-order valence-electron chi connectivity index (χ4n) is 0. The molecule has 24 valence electrons. The van der Waals surface area contributed by atoms with Gasteiger partial charge in [-0.3, -0.25) is 0 Å². The third-order valence-corrected chi connectivity index (χ3v) is 1.16. The Morgan fingerprint density at radius 3 is 2.25 bits per heavy atom. The molecule has 0 radical (unpaired) electrons. The van der Waals surface area contributed by atoms with Crippen molar-refractivity contribution in [2.45, 2.75) is 0 Å². The highest BCUT2D eigenvalue weighted by Gasteiger charge is 1.45. The van der Waals surface area contributed by atoms with Crippen molar-refractivity contribution in [2.24, 2.45) is 0 Å². The second kappa shape index (κ2) is 3.60. The average Bonchev–Trinajstić information content (AvgIpc) is 1.37. The molecule has 0 aromatic carbocycles. The molecule has 0 saturated carbocycles. The Morgan fingerprint density at radius 2 is 2.25 bits per heavy atom. The predicted octanol–water partition coefficient (Wildman–Crippen LogP) is 1.20. The first-order valence-electron chi connectivity index (χ1n) is 1.04. The number of rotatable bonds is 1. The van der Waals surface area contributed by atoms with Crippen molar-refractivity contribution in [3.05, 3.63) is 0 Å². The van der Waals surface area contributed by atoms with Crippen molar-refractivity contribution in [1.82, 2.24) is 0 Å². The van der Waals surface area contributed by atoms with Gasteiger partial charge in [0.15, 0.2) is 0 Å². The molecule has 1 atom stereocenters. The van der Waals surface area contributed by atoms with E-state index >= 15 is 0 Å². The maximum Gasteiger partial charge on any atom is 0.00355 e. The summed E-state index contributed by atoms with van der Waals surface area (Å²) in [5, 5.41) is 0. The molecular weight excluding hydrogens is 86.0 g/mol. The van der Waals surface area contributed by atoms with Crippen molar-refractivity contribution in [2.75, 3.05) is 5.90 Å². The highest BCUT2D eigenvalue weighted by atomic mass is 31.1. The Hall–Kier alpha value is 0.600. The molecule has 0 bridgehead atoms. The van der Waals surface area contributed by atoms with E-state index < -0.39 is 0 Å². The lowest BCUT2D eigenvalue weighted by Crippen LogP contribution is -1.28. The van der Waals surface area contributed by atoms with Gasteiger partial charge in [-0.2, -0.15) is 0 Å².